The topological polar surface area (TPSA) is 0 Å². The van der Waals surface area contributed by atoms with Gasteiger partial charge < -0.3 is 0 Å². The van der Waals surface area contributed by atoms with E-state index in [-0.39, 0.29) is 8.83 Å². The first-order chi connectivity index (χ1) is 10.1. The van der Waals surface area contributed by atoms with Crippen LogP contribution in [0.5, 0.6) is 0 Å². The van der Waals surface area contributed by atoms with Gasteiger partial charge in [0.15, 0.2) is 0 Å². The summed E-state index contributed by atoms with van der Waals surface area (Å²) in [5.41, 5.74) is 0. The van der Waals surface area contributed by atoms with Crippen LogP contribution in [0.1, 0.15) is 117 Å². The molecule has 0 saturated heterocycles. The van der Waals surface area contributed by atoms with Crippen molar-refractivity contribution in [1.82, 2.24) is 0 Å². The first-order valence-electron chi connectivity index (χ1n) is 9.68. The van der Waals surface area contributed by atoms with E-state index >= 15 is 0 Å². The van der Waals surface area contributed by atoms with Gasteiger partial charge >= 0.3 is 0 Å². The van der Waals surface area contributed by atoms with Gasteiger partial charge in [-0.1, -0.05) is 111 Å². The Kier molecular flexibility index (Phi) is 15.8. The summed E-state index contributed by atoms with van der Waals surface area (Å²) >= 11 is 6.09. The predicted molar refractivity (Wildman–Crippen MR) is 103 cm³/mol. The number of hydrogen-bond acceptors (Lipinski definition) is 0. The van der Waals surface area contributed by atoms with E-state index in [9.17, 15) is 0 Å². The molecule has 0 bridgehead atoms. The van der Waals surface area contributed by atoms with Gasteiger partial charge in [-0.3, -0.25) is 0 Å². The number of hydrogen-bond donors (Lipinski definition) is 0. The van der Waals surface area contributed by atoms with Gasteiger partial charge in [0.05, 0.1) is 0 Å². The van der Waals surface area contributed by atoms with Crippen LogP contribution in [0.4, 0.5) is 0 Å². The van der Waals surface area contributed by atoms with Crippen molar-refractivity contribution in [3.8, 4) is 0 Å². The fourth-order valence-corrected chi connectivity index (χ4v) is 3.65. The van der Waals surface area contributed by atoms with E-state index in [0.29, 0.717) is 5.04 Å². The van der Waals surface area contributed by atoms with Crippen molar-refractivity contribution in [2.24, 2.45) is 0 Å². The summed E-state index contributed by atoms with van der Waals surface area (Å²) in [5.74, 6) is 0. The molecule has 0 atom stereocenters. The average molecular weight is 333 g/mol. The lowest BCUT2D eigenvalue weighted by Gasteiger charge is -2.20. The molecule has 128 valence electrons. The second-order valence-corrected chi connectivity index (χ2v) is 10.6. The van der Waals surface area contributed by atoms with E-state index < -0.39 is 0 Å². The van der Waals surface area contributed by atoms with E-state index in [0.717, 1.165) is 0 Å². The molecule has 0 fully saturated rings. The van der Waals surface area contributed by atoms with Gasteiger partial charge in [-0.15, -0.1) is 0 Å². The molecule has 0 aromatic rings. The monoisotopic (exact) mass is 332 g/mol. The first kappa shape index (κ1) is 21.5. The highest BCUT2D eigenvalue weighted by Gasteiger charge is 2.15. The third-order valence-electron chi connectivity index (χ3n) is 4.57. The summed E-state index contributed by atoms with van der Waals surface area (Å²) in [4.78, 5) is 0. The van der Waals surface area contributed by atoms with Crippen molar-refractivity contribution >= 4 is 19.9 Å². The van der Waals surface area contributed by atoms with Crippen molar-refractivity contribution in [1.29, 1.82) is 0 Å². The Hall–Kier alpha value is 0.507. The van der Waals surface area contributed by atoms with E-state index in [2.05, 4.69) is 20.8 Å². The zero-order chi connectivity index (χ0) is 15.8. The van der Waals surface area contributed by atoms with Crippen molar-refractivity contribution in [2.45, 2.75) is 122 Å². The third-order valence-corrected chi connectivity index (χ3v) is 7.82. The molecule has 0 nitrogen and oxygen atoms in total. The van der Waals surface area contributed by atoms with Crippen LogP contribution in [0.2, 0.25) is 5.04 Å². The first-order valence-corrected chi connectivity index (χ1v) is 12.5. The Morgan fingerprint density at radius 1 is 0.619 bits per heavy atom. The van der Waals surface area contributed by atoms with Crippen LogP contribution in [0.15, 0.2) is 0 Å². The zero-order valence-corrected chi connectivity index (χ0v) is 17.4. The van der Waals surface area contributed by atoms with Crippen molar-refractivity contribution in [3.05, 3.63) is 0 Å². The van der Waals surface area contributed by atoms with Crippen LogP contribution in [0.25, 0.3) is 0 Å². The molecule has 0 unspecified atom stereocenters. The molecule has 0 amide bonds. The summed E-state index contributed by atoms with van der Waals surface area (Å²) in [6.45, 7) is 6.98. The molecular formula is C19H41ClSi. The summed E-state index contributed by atoms with van der Waals surface area (Å²) < 4.78 is 0. The minimum atomic E-state index is -0.349. The van der Waals surface area contributed by atoms with Gasteiger partial charge in [0.1, 0.15) is 8.83 Å². The normalized spacial score (nSPS) is 12.6. The molecule has 0 N–H and O–H groups in total. The van der Waals surface area contributed by atoms with Crippen LogP contribution >= 0.6 is 11.1 Å². The molecule has 21 heavy (non-hydrogen) atoms. The summed E-state index contributed by atoms with van der Waals surface area (Å²) in [7, 11) is -0.349. The SMILES string of the molecule is CCCCCCCCCCCCCCCCC(C)(C)[SiH2]Cl. The van der Waals surface area contributed by atoms with Gasteiger partial charge in [-0.25, -0.2) is 0 Å². The molecule has 0 aromatic carbocycles. The van der Waals surface area contributed by atoms with E-state index in [1.54, 1.807) is 0 Å². The quantitative estimate of drug-likeness (QED) is 0.157. The van der Waals surface area contributed by atoms with Crippen LogP contribution in [-0.4, -0.2) is 8.83 Å². The molecule has 0 rings (SSSR count). The zero-order valence-electron chi connectivity index (χ0n) is 15.2. The van der Waals surface area contributed by atoms with Crippen molar-refractivity contribution in [3.63, 3.8) is 0 Å². The van der Waals surface area contributed by atoms with Gasteiger partial charge in [0.25, 0.3) is 0 Å². The molecule has 0 spiro atoms. The van der Waals surface area contributed by atoms with E-state index in [4.69, 9.17) is 11.1 Å². The largest absolute Gasteiger partial charge is 0.176 e. The Labute approximate surface area is 142 Å². The molecule has 0 aliphatic carbocycles. The summed E-state index contributed by atoms with van der Waals surface area (Å²) in [6, 6.07) is 0. The molecular weight excluding hydrogens is 292 g/mol. The average Bonchev–Trinajstić information content (AvgIpc) is 2.47. The molecule has 0 radical (unpaired) electrons. The molecule has 0 saturated carbocycles. The highest BCUT2D eigenvalue weighted by atomic mass is 35.6. The maximum atomic E-state index is 6.09. The van der Waals surface area contributed by atoms with Gasteiger partial charge in [-0.2, -0.15) is 11.1 Å². The van der Waals surface area contributed by atoms with Gasteiger partial charge in [0, 0.05) is 0 Å². The minimum absolute atomic E-state index is 0.349. The standard InChI is InChI=1S/C19H41ClSi/c1-4-5-6-7-8-9-10-11-12-13-14-15-16-17-18-19(2,3)21-20/h4-18,21H2,1-3H3. The molecule has 2 heteroatoms. The van der Waals surface area contributed by atoms with Crippen LogP contribution < -0.4 is 0 Å². The van der Waals surface area contributed by atoms with Gasteiger partial charge in [-0.05, 0) is 11.5 Å². The summed E-state index contributed by atoms with van der Waals surface area (Å²) in [5, 5.41) is 0.485. The molecule has 0 aliphatic heterocycles. The number of halogens is 1. The van der Waals surface area contributed by atoms with E-state index in [1.165, 1.54) is 96.3 Å². The Morgan fingerprint density at radius 3 is 1.29 bits per heavy atom. The van der Waals surface area contributed by atoms with Crippen LogP contribution in [0, 0.1) is 0 Å². The maximum absolute atomic E-state index is 6.09. The smallest absolute Gasteiger partial charge is 0.130 e. The van der Waals surface area contributed by atoms with Crippen LogP contribution in [-0.2, 0) is 0 Å². The highest BCUT2D eigenvalue weighted by Crippen LogP contribution is 2.31. The number of unbranched alkanes of at least 4 members (excludes halogenated alkanes) is 13. The lowest BCUT2D eigenvalue weighted by molar-refractivity contribution is 0.511. The van der Waals surface area contributed by atoms with Crippen molar-refractivity contribution < 1.29 is 0 Å². The number of rotatable bonds is 16. The van der Waals surface area contributed by atoms with Crippen LogP contribution in [0.3, 0.4) is 0 Å². The minimum Gasteiger partial charge on any atom is -0.176 e. The Balaban J connectivity index is 3.06. The van der Waals surface area contributed by atoms with E-state index in [1.807, 2.05) is 0 Å². The van der Waals surface area contributed by atoms with Crippen molar-refractivity contribution in [2.75, 3.05) is 0 Å². The fourth-order valence-electron chi connectivity index (χ4n) is 2.86. The Morgan fingerprint density at radius 2 is 0.952 bits per heavy atom. The highest BCUT2D eigenvalue weighted by molar-refractivity contribution is 6.95. The second kappa shape index (κ2) is 15.4. The maximum Gasteiger partial charge on any atom is 0.130 e. The second-order valence-electron chi connectivity index (χ2n) is 7.64. The Bertz CT molecular complexity index is 204. The lowest BCUT2D eigenvalue weighted by atomic mass is 10.0. The fraction of sp³-hybridized carbons (Fsp3) is 1.00. The predicted octanol–water partition coefficient (Wildman–Crippen LogP) is 7.38. The van der Waals surface area contributed by atoms with Gasteiger partial charge in [0.2, 0.25) is 0 Å². The molecule has 0 aliphatic rings. The lowest BCUT2D eigenvalue weighted by Crippen LogP contribution is -2.07. The third kappa shape index (κ3) is 16.7. The molecule has 0 heterocycles. The molecule has 0 aromatic heterocycles. The summed E-state index contributed by atoms with van der Waals surface area (Å²) in [6.07, 6.45) is 21.6.